The van der Waals surface area contributed by atoms with Crippen LogP contribution in [0.4, 0.5) is 0 Å². The lowest BCUT2D eigenvalue weighted by Gasteiger charge is -2.23. The Hall–Kier alpha value is -1.95. The Morgan fingerprint density at radius 1 is 1.33 bits per heavy atom. The van der Waals surface area contributed by atoms with Crippen molar-refractivity contribution in [2.75, 3.05) is 13.6 Å². The first-order valence-corrected chi connectivity index (χ1v) is 10.1. The summed E-state index contributed by atoms with van der Waals surface area (Å²) >= 11 is 13.5. The van der Waals surface area contributed by atoms with Gasteiger partial charge in [-0.1, -0.05) is 41.9 Å². The van der Waals surface area contributed by atoms with Crippen LogP contribution in [0.1, 0.15) is 22.9 Å². The highest BCUT2D eigenvalue weighted by Crippen LogP contribution is 2.41. The Balaban J connectivity index is 1.62. The number of likely N-dealkylation sites (N-methyl/N-ethyl adjacent to an activating group) is 1. The van der Waals surface area contributed by atoms with Gasteiger partial charge in [0.2, 0.25) is 0 Å². The van der Waals surface area contributed by atoms with Gasteiger partial charge in [0.15, 0.2) is 0 Å². The predicted molar refractivity (Wildman–Crippen MR) is 111 cm³/mol. The quantitative estimate of drug-likeness (QED) is 0.635. The first kappa shape index (κ1) is 19.8. The predicted octanol–water partition coefficient (Wildman–Crippen LogP) is 5.12. The average Bonchev–Trinajstić information content (AvgIpc) is 3.24. The SMILES string of the molecule is C=C1C(O)=C(C(=O)NCCCc2ccc(Cl)c(Cl)c2)C(c2cccs2)N1C. The Kier molecular flexibility index (Phi) is 6.15. The summed E-state index contributed by atoms with van der Waals surface area (Å²) in [7, 11) is 1.83. The number of aliphatic hydroxyl groups is 1. The highest BCUT2D eigenvalue weighted by molar-refractivity contribution is 7.10. The number of hydrogen-bond acceptors (Lipinski definition) is 4. The van der Waals surface area contributed by atoms with Crippen LogP contribution in [0.25, 0.3) is 0 Å². The fourth-order valence-corrected chi connectivity index (χ4v) is 4.29. The minimum absolute atomic E-state index is 0.0436. The Bertz CT molecular complexity index is 893. The van der Waals surface area contributed by atoms with Crippen molar-refractivity contribution in [2.24, 2.45) is 0 Å². The number of rotatable bonds is 6. The molecule has 7 heteroatoms. The largest absolute Gasteiger partial charge is 0.505 e. The summed E-state index contributed by atoms with van der Waals surface area (Å²) < 4.78 is 0. The van der Waals surface area contributed by atoms with Crippen LogP contribution in [0.3, 0.4) is 0 Å². The van der Waals surface area contributed by atoms with Gasteiger partial charge in [-0.05, 0) is 42.0 Å². The van der Waals surface area contributed by atoms with E-state index in [0.717, 1.165) is 23.3 Å². The summed E-state index contributed by atoms with van der Waals surface area (Å²) in [6.07, 6.45) is 1.52. The number of hydrogen-bond donors (Lipinski definition) is 2. The van der Waals surface area contributed by atoms with E-state index < -0.39 is 0 Å². The summed E-state index contributed by atoms with van der Waals surface area (Å²) in [5.74, 6) is -0.316. The number of nitrogens with zero attached hydrogens (tertiary/aromatic N) is 1. The van der Waals surface area contributed by atoms with Crippen LogP contribution in [0.2, 0.25) is 10.0 Å². The molecule has 2 N–H and O–H groups in total. The van der Waals surface area contributed by atoms with E-state index >= 15 is 0 Å². The molecule has 0 saturated heterocycles. The van der Waals surface area contributed by atoms with Gasteiger partial charge < -0.3 is 15.3 Å². The number of aryl methyl sites for hydroxylation is 1. The van der Waals surface area contributed by atoms with Crippen LogP contribution >= 0.6 is 34.5 Å². The molecule has 0 saturated carbocycles. The second kappa shape index (κ2) is 8.38. The highest BCUT2D eigenvalue weighted by atomic mass is 35.5. The molecule has 1 aromatic heterocycles. The van der Waals surface area contributed by atoms with E-state index in [9.17, 15) is 9.90 Å². The number of halogens is 2. The molecule has 1 aromatic carbocycles. The molecule has 0 radical (unpaired) electrons. The molecule has 1 unspecified atom stereocenters. The van der Waals surface area contributed by atoms with Crippen molar-refractivity contribution < 1.29 is 9.90 Å². The third-order valence-corrected chi connectivity index (χ3v) is 6.25. The number of amides is 1. The molecule has 142 valence electrons. The van der Waals surface area contributed by atoms with Gasteiger partial charge in [-0.3, -0.25) is 4.79 Å². The monoisotopic (exact) mass is 422 g/mol. The van der Waals surface area contributed by atoms with Crippen LogP contribution < -0.4 is 5.32 Å². The molecule has 0 aliphatic carbocycles. The zero-order chi connectivity index (χ0) is 19.6. The lowest BCUT2D eigenvalue weighted by molar-refractivity contribution is -0.118. The lowest BCUT2D eigenvalue weighted by atomic mass is 10.1. The van der Waals surface area contributed by atoms with Crippen molar-refractivity contribution in [3.8, 4) is 0 Å². The molecule has 3 rings (SSSR count). The minimum Gasteiger partial charge on any atom is -0.505 e. The van der Waals surface area contributed by atoms with E-state index in [2.05, 4.69) is 11.9 Å². The average molecular weight is 423 g/mol. The van der Waals surface area contributed by atoms with Gasteiger partial charge in [0.25, 0.3) is 5.91 Å². The van der Waals surface area contributed by atoms with Crippen molar-refractivity contribution in [1.82, 2.24) is 10.2 Å². The maximum atomic E-state index is 12.7. The normalized spacial score (nSPS) is 16.9. The van der Waals surface area contributed by atoms with Gasteiger partial charge in [0.05, 0.1) is 27.4 Å². The second-order valence-corrected chi connectivity index (χ2v) is 8.14. The van der Waals surface area contributed by atoms with Crippen molar-refractivity contribution in [2.45, 2.75) is 18.9 Å². The van der Waals surface area contributed by atoms with Crippen molar-refractivity contribution in [3.63, 3.8) is 0 Å². The number of carbonyl (C=O) groups is 1. The Labute approximate surface area is 172 Å². The number of benzene rings is 1. The molecule has 1 aliphatic rings. The molecule has 4 nitrogen and oxygen atoms in total. The topological polar surface area (TPSA) is 52.6 Å². The third kappa shape index (κ3) is 4.15. The van der Waals surface area contributed by atoms with Gasteiger partial charge in [-0.15, -0.1) is 11.3 Å². The van der Waals surface area contributed by atoms with E-state index in [-0.39, 0.29) is 17.7 Å². The van der Waals surface area contributed by atoms with E-state index in [0.29, 0.717) is 27.9 Å². The molecular weight excluding hydrogens is 403 g/mol. The van der Waals surface area contributed by atoms with Crippen LogP contribution in [-0.2, 0) is 11.2 Å². The van der Waals surface area contributed by atoms with Crippen LogP contribution in [0.15, 0.2) is 59.3 Å². The van der Waals surface area contributed by atoms with Crippen LogP contribution in [-0.4, -0.2) is 29.5 Å². The standard InChI is InChI=1S/C20H20Cl2N2O2S/c1-12-19(25)17(18(24(12)2)16-6-4-10-27-16)20(26)23-9-3-5-13-7-8-14(21)15(22)11-13/h4,6-8,10-11,18,25H,1,3,5,9H2,2H3,(H,23,26). The zero-order valence-corrected chi connectivity index (χ0v) is 17.2. The molecule has 1 atom stereocenters. The maximum absolute atomic E-state index is 12.7. The summed E-state index contributed by atoms with van der Waals surface area (Å²) in [4.78, 5) is 15.5. The van der Waals surface area contributed by atoms with E-state index in [4.69, 9.17) is 23.2 Å². The number of thiophene rings is 1. The number of aliphatic hydroxyl groups excluding tert-OH is 1. The molecule has 2 aromatic rings. The molecule has 0 spiro atoms. The molecule has 27 heavy (non-hydrogen) atoms. The first-order valence-electron chi connectivity index (χ1n) is 8.51. The summed E-state index contributed by atoms with van der Waals surface area (Å²) in [5, 5.41) is 16.3. The van der Waals surface area contributed by atoms with E-state index in [1.54, 1.807) is 17.4 Å². The fourth-order valence-electron chi connectivity index (χ4n) is 3.10. The van der Waals surface area contributed by atoms with Gasteiger partial charge in [-0.25, -0.2) is 0 Å². The van der Waals surface area contributed by atoms with Gasteiger partial charge in [0.1, 0.15) is 5.76 Å². The molecular formula is C20H20Cl2N2O2S. The first-order chi connectivity index (χ1) is 12.9. The van der Waals surface area contributed by atoms with E-state index in [1.165, 1.54) is 0 Å². The maximum Gasteiger partial charge on any atom is 0.253 e. The summed E-state index contributed by atoms with van der Waals surface area (Å²) in [6.45, 7) is 4.37. The van der Waals surface area contributed by atoms with Crippen LogP contribution in [0.5, 0.6) is 0 Å². The number of nitrogens with one attached hydrogen (secondary N) is 1. The van der Waals surface area contributed by atoms with Crippen LogP contribution in [0, 0.1) is 0 Å². The highest BCUT2D eigenvalue weighted by Gasteiger charge is 2.38. The molecule has 2 heterocycles. The third-order valence-electron chi connectivity index (χ3n) is 4.58. The van der Waals surface area contributed by atoms with Gasteiger partial charge in [0, 0.05) is 18.5 Å². The zero-order valence-electron chi connectivity index (χ0n) is 14.8. The van der Waals surface area contributed by atoms with Crippen molar-refractivity contribution in [1.29, 1.82) is 0 Å². The molecule has 1 amide bonds. The lowest BCUT2D eigenvalue weighted by Crippen LogP contribution is -2.30. The summed E-state index contributed by atoms with van der Waals surface area (Å²) in [6, 6.07) is 9.10. The summed E-state index contributed by atoms with van der Waals surface area (Å²) in [5.41, 5.74) is 1.86. The molecule has 0 bridgehead atoms. The molecule has 1 aliphatic heterocycles. The van der Waals surface area contributed by atoms with Gasteiger partial charge >= 0.3 is 0 Å². The van der Waals surface area contributed by atoms with Gasteiger partial charge in [-0.2, -0.15) is 0 Å². The van der Waals surface area contributed by atoms with E-state index in [1.807, 2.05) is 41.6 Å². The second-order valence-electron chi connectivity index (χ2n) is 6.35. The Morgan fingerprint density at radius 3 is 2.78 bits per heavy atom. The number of carbonyl (C=O) groups excluding carboxylic acids is 1. The minimum atomic E-state index is -0.312. The van der Waals surface area contributed by atoms with Crippen molar-refractivity contribution in [3.05, 3.63) is 79.8 Å². The smallest absolute Gasteiger partial charge is 0.253 e. The fraction of sp³-hybridized carbons (Fsp3) is 0.250. The molecule has 0 fully saturated rings. The van der Waals surface area contributed by atoms with Crippen molar-refractivity contribution >= 4 is 40.4 Å². The Morgan fingerprint density at radius 2 is 2.11 bits per heavy atom.